The van der Waals surface area contributed by atoms with Crippen LogP contribution < -0.4 is 10.9 Å². The number of hydrogen-bond acceptors (Lipinski definition) is 2. The van der Waals surface area contributed by atoms with E-state index in [1.807, 2.05) is 12.1 Å². The number of amides is 2. The fourth-order valence-corrected chi connectivity index (χ4v) is 2.92. The molecule has 23 heavy (non-hydrogen) atoms. The van der Waals surface area contributed by atoms with Crippen molar-refractivity contribution in [3.8, 4) is 0 Å². The van der Waals surface area contributed by atoms with Crippen LogP contribution in [0.15, 0.2) is 48.5 Å². The Morgan fingerprint density at radius 2 is 1.70 bits per heavy atom. The molecule has 1 fully saturated rings. The zero-order chi connectivity index (χ0) is 16.4. The highest BCUT2D eigenvalue weighted by Crippen LogP contribution is 2.48. The van der Waals surface area contributed by atoms with Gasteiger partial charge >= 0.3 is 0 Å². The molecular weight excluding hydrogens is 335 g/mol. The average molecular weight is 349 g/mol. The van der Waals surface area contributed by atoms with Gasteiger partial charge in [0, 0.05) is 5.02 Å². The second-order valence-electron chi connectivity index (χ2n) is 5.48. The van der Waals surface area contributed by atoms with E-state index in [1.165, 1.54) is 0 Å². The van der Waals surface area contributed by atoms with E-state index in [4.69, 9.17) is 23.2 Å². The minimum absolute atomic E-state index is 0.250. The Kier molecular flexibility index (Phi) is 4.28. The van der Waals surface area contributed by atoms with Crippen LogP contribution in [0.2, 0.25) is 10.0 Å². The van der Waals surface area contributed by atoms with E-state index in [2.05, 4.69) is 10.9 Å². The summed E-state index contributed by atoms with van der Waals surface area (Å²) in [5.41, 5.74) is 5.45. The van der Waals surface area contributed by atoms with Gasteiger partial charge in [0.05, 0.1) is 16.0 Å². The lowest BCUT2D eigenvalue weighted by Gasteiger charge is -2.16. The minimum atomic E-state index is -0.612. The second-order valence-corrected chi connectivity index (χ2v) is 6.32. The van der Waals surface area contributed by atoms with Gasteiger partial charge in [-0.2, -0.15) is 0 Å². The lowest BCUT2D eigenvalue weighted by Crippen LogP contribution is -2.46. The van der Waals surface area contributed by atoms with Crippen molar-refractivity contribution >= 4 is 35.0 Å². The molecular formula is C17H14Cl2N2O2. The summed E-state index contributed by atoms with van der Waals surface area (Å²) in [6.07, 6.45) is 1.45. The molecule has 118 valence electrons. The summed E-state index contributed by atoms with van der Waals surface area (Å²) in [6.45, 7) is 0. The number of carbonyl (C=O) groups is 2. The van der Waals surface area contributed by atoms with Gasteiger partial charge in [0.15, 0.2) is 0 Å². The summed E-state index contributed by atoms with van der Waals surface area (Å²) in [4.78, 5) is 24.5. The van der Waals surface area contributed by atoms with Crippen molar-refractivity contribution in [2.24, 2.45) is 0 Å². The quantitative estimate of drug-likeness (QED) is 0.834. The average Bonchev–Trinajstić information content (AvgIpc) is 3.34. The summed E-state index contributed by atoms with van der Waals surface area (Å²) in [6, 6.07) is 13.9. The van der Waals surface area contributed by atoms with Gasteiger partial charge in [-0.1, -0.05) is 47.5 Å². The fourth-order valence-electron chi connectivity index (χ4n) is 2.50. The molecule has 2 N–H and O–H groups in total. The maximum atomic E-state index is 12.5. The zero-order valence-corrected chi connectivity index (χ0v) is 13.6. The van der Waals surface area contributed by atoms with Crippen LogP contribution >= 0.6 is 23.2 Å². The van der Waals surface area contributed by atoms with Gasteiger partial charge < -0.3 is 0 Å². The van der Waals surface area contributed by atoms with Crippen LogP contribution in [0.5, 0.6) is 0 Å². The Balaban J connectivity index is 1.68. The molecule has 0 aromatic heterocycles. The molecule has 0 bridgehead atoms. The number of rotatable bonds is 3. The fraction of sp³-hybridized carbons (Fsp3) is 0.176. The number of halogens is 2. The van der Waals surface area contributed by atoms with Crippen LogP contribution in [0.3, 0.4) is 0 Å². The molecule has 0 saturated heterocycles. The molecule has 1 aliphatic carbocycles. The third-order valence-electron chi connectivity index (χ3n) is 3.97. The Morgan fingerprint density at radius 3 is 2.35 bits per heavy atom. The van der Waals surface area contributed by atoms with E-state index < -0.39 is 11.3 Å². The SMILES string of the molecule is O=C(NNC(=O)C1(c2cccc(Cl)c2)CC1)c1ccccc1Cl. The maximum Gasteiger partial charge on any atom is 0.271 e. The Hall–Kier alpha value is -2.04. The van der Waals surface area contributed by atoms with Crippen LogP contribution in [-0.2, 0) is 10.2 Å². The van der Waals surface area contributed by atoms with Crippen LogP contribution in [0.25, 0.3) is 0 Å². The molecule has 0 unspecified atom stereocenters. The van der Waals surface area contributed by atoms with Gasteiger partial charge in [0.1, 0.15) is 0 Å². The molecule has 6 heteroatoms. The number of nitrogens with one attached hydrogen (secondary N) is 2. The van der Waals surface area contributed by atoms with Crippen LogP contribution in [0, 0.1) is 0 Å². The highest BCUT2D eigenvalue weighted by atomic mass is 35.5. The lowest BCUT2D eigenvalue weighted by atomic mass is 9.95. The molecule has 3 rings (SSSR count). The zero-order valence-electron chi connectivity index (χ0n) is 12.1. The van der Waals surface area contributed by atoms with Crippen molar-refractivity contribution in [1.29, 1.82) is 0 Å². The van der Waals surface area contributed by atoms with Gasteiger partial charge in [-0.05, 0) is 42.7 Å². The summed E-state index contributed by atoms with van der Waals surface area (Å²) in [5.74, 6) is -0.703. The molecule has 0 spiro atoms. The Morgan fingerprint density at radius 1 is 0.957 bits per heavy atom. The number of hydrogen-bond donors (Lipinski definition) is 2. The van der Waals surface area contributed by atoms with Gasteiger partial charge in [-0.3, -0.25) is 20.4 Å². The highest BCUT2D eigenvalue weighted by Gasteiger charge is 2.51. The normalized spacial score (nSPS) is 14.9. The first-order valence-electron chi connectivity index (χ1n) is 7.14. The first-order chi connectivity index (χ1) is 11.0. The van der Waals surface area contributed by atoms with Crippen molar-refractivity contribution in [3.63, 3.8) is 0 Å². The topological polar surface area (TPSA) is 58.2 Å². The molecule has 4 nitrogen and oxygen atoms in total. The molecule has 2 amide bonds. The summed E-state index contributed by atoms with van der Waals surface area (Å²) in [7, 11) is 0. The first-order valence-corrected chi connectivity index (χ1v) is 7.90. The molecule has 1 aliphatic rings. The molecule has 2 aromatic rings. The van der Waals surface area contributed by atoms with Gasteiger partial charge in [0.25, 0.3) is 5.91 Å². The third kappa shape index (κ3) is 3.19. The lowest BCUT2D eigenvalue weighted by molar-refractivity contribution is -0.124. The smallest absolute Gasteiger partial charge is 0.271 e. The third-order valence-corrected chi connectivity index (χ3v) is 4.53. The molecule has 0 atom stereocenters. The summed E-state index contributed by atoms with van der Waals surface area (Å²) < 4.78 is 0. The van der Waals surface area contributed by atoms with E-state index in [0.29, 0.717) is 15.6 Å². The second kappa shape index (κ2) is 6.22. The van der Waals surface area contributed by atoms with E-state index >= 15 is 0 Å². The van der Waals surface area contributed by atoms with Crippen LogP contribution in [-0.4, -0.2) is 11.8 Å². The van der Waals surface area contributed by atoms with E-state index in [9.17, 15) is 9.59 Å². The summed E-state index contributed by atoms with van der Waals surface area (Å²) >= 11 is 12.0. The predicted molar refractivity (Wildman–Crippen MR) is 89.4 cm³/mol. The minimum Gasteiger partial charge on any atom is -0.272 e. The Labute approximate surface area is 143 Å². The number of carbonyl (C=O) groups excluding carboxylic acids is 2. The van der Waals surface area contributed by atoms with Gasteiger partial charge in [-0.25, -0.2) is 0 Å². The largest absolute Gasteiger partial charge is 0.272 e. The predicted octanol–water partition coefficient (Wildman–Crippen LogP) is 3.49. The van der Waals surface area contributed by atoms with Crippen LogP contribution in [0.4, 0.5) is 0 Å². The molecule has 0 aliphatic heterocycles. The van der Waals surface area contributed by atoms with E-state index in [1.54, 1.807) is 36.4 Å². The number of benzene rings is 2. The van der Waals surface area contributed by atoms with Crippen molar-refractivity contribution in [1.82, 2.24) is 10.9 Å². The molecule has 1 saturated carbocycles. The van der Waals surface area contributed by atoms with Gasteiger partial charge in [0.2, 0.25) is 5.91 Å². The Bertz CT molecular complexity index is 773. The number of hydrazine groups is 1. The van der Waals surface area contributed by atoms with Crippen molar-refractivity contribution in [2.45, 2.75) is 18.3 Å². The highest BCUT2D eigenvalue weighted by molar-refractivity contribution is 6.33. The first kappa shape index (κ1) is 15.8. The van der Waals surface area contributed by atoms with Crippen molar-refractivity contribution in [2.75, 3.05) is 0 Å². The van der Waals surface area contributed by atoms with Gasteiger partial charge in [-0.15, -0.1) is 0 Å². The van der Waals surface area contributed by atoms with E-state index in [0.717, 1.165) is 18.4 Å². The van der Waals surface area contributed by atoms with Crippen LogP contribution in [0.1, 0.15) is 28.8 Å². The summed E-state index contributed by atoms with van der Waals surface area (Å²) in [5, 5.41) is 0.914. The molecule has 0 heterocycles. The maximum absolute atomic E-state index is 12.5. The molecule has 0 radical (unpaired) electrons. The monoisotopic (exact) mass is 348 g/mol. The molecule has 2 aromatic carbocycles. The van der Waals surface area contributed by atoms with Crippen molar-refractivity contribution in [3.05, 3.63) is 69.7 Å². The van der Waals surface area contributed by atoms with Crippen molar-refractivity contribution < 1.29 is 9.59 Å². The standard InChI is InChI=1S/C17H14Cl2N2O2/c18-12-5-3-4-11(10-12)17(8-9-17)16(23)21-20-15(22)13-6-1-2-7-14(13)19/h1-7,10H,8-9H2,(H,20,22)(H,21,23). The van der Waals surface area contributed by atoms with E-state index in [-0.39, 0.29) is 5.91 Å².